The van der Waals surface area contributed by atoms with E-state index in [2.05, 4.69) is 5.32 Å². The monoisotopic (exact) mass is 291 g/mol. The van der Waals surface area contributed by atoms with Gasteiger partial charge < -0.3 is 5.32 Å². The first-order chi connectivity index (χ1) is 10.6. The maximum Gasteiger partial charge on any atom is 0.266 e. The third kappa shape index (κ3) is 3.78. The zero-order valence-electron chi connectivity index (χ0n) is 11.4. The molecule has 22 heavy (non-hydrogen) atoms. The molecule has 106 valence electrons. The Balaban J connectivity index is 2.17. The summed E-state index contributed by atoms with van der Waals surface area (Å²) in [7, 11) is 0. The molecule has 0 atom stereocenters. The summed E-state index contributed by atoms with van der Waals surface area (Å²) in [5, 5.41) is 20.3. The Morgan fingerprint density at radius 1 is 1.05 bits per heavy atom. The number of nitrogens with zero attached hydrogens (tertiary/aromatic N) is 2. The van der Waals surface area contributed by atoms with E-state index < -0.39 is 11.7 Å². The number of rotatable bonds is 3. The molecule has 4 nitrogen and oxygen atoms in total. The molecule has 2 rings (SSSR count). The summed E-state index contributed by atoms with van der Waals surface area (Å²) < 4.78 is 12.8. The van der Waals surface area contributed by atoms with E-state index in [0.29, 0.717) is 16.8 Å². The Morgan fingerprint density at radius 3 is 2.23 bits per heavy atom. The molecule has 0 bridgehead atoms. The van der Waals surface area contributed by atoms with Crippen LogP contribution in [0.1, 0.15) is 11.1 Å². The second-order valence-electron chi connectivity index (χ2n) is 4.36. The van der Waals surface area contributed by atoms with Gasteiger partial charge in [0, 0.05) is 5.69 Å². The quantitative estimate of drug-likeness (QED) is 0.696. The Bertz CT molecular complexity index is 794. The van der Waals surface area contributed by atoms with E-state index in [-0.39, 0.29) is 5.57 Å². The summed E-state index contributed by atoms with van der Waals surface area (Å²) in [6, 6.07) is 15.5. The fourth-order valence-corrected chi connectivity index (χ4v) is 1.70. The Morgan fingerprint density at radius 2 is 1.68 bits per heavy atom. The minimum atomic E-state index is -0.585. The molecule has 1 N–H and O–H groups in total. The molecule has 0 aliphatic carbocycles. The average Bonchev–Trinajstić information content (AvgIpc) is 2.55. The summed E-state index contributed by atoms with van der Waals surface area (Å²) in [6.07, 6.45) is 1.42. The van der Waals surface area contributed by atoms with Gasteiger partial charge in [0.15, 0.2) is 0 Å². The standard InChI is InChI=1S/C17H10FN3O/c18-15-5-7-16(8-6-15)21-17(22)14(11-20)9-12-1-3-13(10-19)4-2-12/h1-9H,(H,21,22)/b14-9+. The lowest BCUT2D eigenvalue weighted by molar-refractivity contribution is -0.112. The van der Waals surface area contributed by atoms with Gasteiger partial charge in [-0.1, -0.05) is 12.1 Å². The zero-order valence-corrected chi connectivity index (χ0v) is 11.4. The van der Waals surface area contributed by atoms with E-state index in [4.69, 9.17) is 10.5 Å². The molecule has 0 aliphatic heterocycles. The number of carbonyl (C=O) groups excluding carboxylic acids is 1. The van der Waals surface area contributed by atoms with Crippen molar-refractivity contribution in [2.75, 3.05) is 5.32 Å². The van der Waals surface area contributed by atoms with E-state index in [1.165, 1.54) is 30.3 Å². The number of carbonyl (C=O) groups is 1. The fraction of sp³-hybridized carbons (Fsp3) is 0. The van der Waals surface area contributed by atoms with Crippen molar-refractivity contribution < 1.29 is 9.18 Å². The van der Waals surface area contributed by atoms with Gasteiger partial charge in [-0.3, -0.25) is 4.79 Å². The van der Waals surface area contributed by atoms with Gasteiger partial charge in [-0.2, -0.15) is 10.5 Å². The van der Waals surface area contributed by atoms with Gasteiger partial charge in [-0.05, 0) is 48.0 Å². The van der Waals surface area contributed by atoms with Crippen molar-refractivity contribution in [2.24, 2.45) is 0 Å². The summed E-state index contributed by atoms with van der Waals surface area (Å²) >= 11 is 0. The largest absolute Gasteiger partial charge is 0.321 e. The topological polar surface area (TPSA) is 76.7 Å². The smallest absolute Gasteiger partial charge is 0.266 e. The van der Waals surface area contributed by atoms with Crippen molar-refractivity contribution in [1.29, 1.82) is 10.5 Å². The summed E-state index contributed by atoms with van der Waals surface area (Å²) in [6.45, 7) is 0. The highest BCUT2D eigenvalue weighted by atomic mass is 19.1. The highest BCUT2D eigenvalue weighted by Gasteiger charge is 2.09. The molecule has 5 heteroatoms. The lowest BCUT2D eigenvalue weighted by atomic mass is 10.1. The maximum absolute atomic E-state index is 12.8. The van der Waals surface area contributed by atoms with Gasteiger partial charge in [-0.25, -0.2) is 4.39 Å². The summed E-state index contributed by atoms with van der Waals surface area (Å²) in [4.78, 5) is 12.0. The molecule has 0 radical (unpaired) electrons. The van der Waals surface area contributed by atoms with Crippen LogP contribution in [0.4, 0.5) is 10.1 Å². The molecule has 2 aromatic carbocycles. The minimum Gasteiger partial charge on any atom is -0.321 e. The lowest BCUT2D eigenvalue weighted by Gasteiger charge is -2.04. The lowest BCUT2D eigenvalue weighted by Crippen LogP contribution is -2.13. The van der Waals surface area contributed by atoms with Gasteiger partial charge >= 0.3 is 0 Å². The number of hydrogen-bond acceptors (Lipinski definition) is 3. The Hall–Kier alpha value is -3.44. The molecule has 0 saturated heterocycles. The molecule has 1 amide bonds. The molecule has 0 fully saturated rings. The molecule has 0 unspecified atom stereocenters. The van der Waals surface area contributed by atoms with Crippen LogP contribution >= 0.6 is 0 Å². The third-order valence-electron chi connectivity index (χ3n) is 2.82. The molecule has 0 aliphatic rings. The fourth-order valence-electron chi connectivity index (χ4n) is 1.70. The van der Waals surface area contributed by atoms with Crippen LogP contribution in [0.5, 0.6) is 0 Å². The van der Waals surface area contributed by atoms with Crippen LogP contribution in [0, 0.1) is 28.5 Å². The summed E-state index contributed by atoms with van der Waals surface area (Å²) in [5.41, 5.74) is 1.43. The predicted octanol–water partition coefficient (Wildman–Crippen LogP) is 3.24. The molecule has 0 spiro atoms. The predicted molar refractivity (Wildman–Crippen MR) is 79.8 cm³/mol. The van der Waals surface area contributed by atoms with Crippen LogP contribution in [0.2, 0.25) is 0 Å². The van der Waals surface area contributed by atoms with Gasteiger partial charge in [-0.15, -0.1) is 0 Å². The second-order valence-corrected chi connectivity index (χ2v) is 4.36. The molecule has 2 aromatic rings. The minimum absolute atomic E-state index is 0.0889. The van der Waals surface area contributed by atoms with Crippen molar-refractivity contribution in [3.05, 3.63) is 71.0 Å². The van der Waals surface area contributed by atoms with Crippen molar-refractivity contribution >= 4 is 17.7 Å². The van der Waals surface area contributed by atoms with Crippen molar-refractivity contribution in [3.8, 4) is 12.1 Å². The number of amides is 1. The van der Waals surface area contributed by atoms with Gasteiger partial charge in [0.2, 0.25) is 0 Å². The number of anilines is 1. The maximum atomic E-state index is 12.8. The number of nitriles is 2. The highest BCUT2D eigenvalue weighted by molar-refractivity contribution is 6.09. The first kappa shape index (κ1) is 15.0. The Kier molecular flexibility index (Phi) is 4.64. The third-order valence-corrected chi connectivity index (χ3v) is 2.82. The van der Waals surface area contributed by atoms with Crippen LogP contribution < -0.4 is 5.32 Å². The van der Waals surface area contributed by atoms with Gasteiger partial charge in [0.1, 0.15) is 17.5 Å². The first-order valence-corrected chi connectivity index (χ1v) is 6.31. The highest BCUT2D eigenvalue weighted by Crippen LogP contribution is 2.12. The van der Waals surface area contributed by atoms with Crippen molar-refractivity contribution in [1.82, 2.24) is 0 Å². The van der Waals surface area contributed by atoms with Crippen LogP contribution in [-0.4, -0.2) is 5.91 Å². The zero-order chi connectivity index (χ0) is 15.9. The number of benzene rings is 2. The average molecular weight is 291 g/mol. The van der Waals surface area contributed by atoms with Crippen molar-refractivity contribution in [3.63, 3.8) is 0 Å². The second kappa shape index (κ2) is 6.83. The van der Waals surface area contributed by atoms with E-state index in [0.717, 1.165) is 0 Å². The van der Waals surface area contributed by atoms with Gasteiger partial charge in [0.05, 0.1) is 11.6 Å². The molecular weight excluding hydrogens is 281 g/mol. The molecular formula is C17H10FN3O. The van der Waals surface area contributed by atoms with Crippen LogP contribution in [0.3, 0.4) is 0 Å². The SMILES string of the molecule is N#C/C(=C\c1ccc(C#N)cc1)C(=O)Nc1ccc(F)cc1. The number of nitrogens with one attached hydrogen (secondary N) is 1. The van der Waals surface area contributed by atoms with Crippen molar-refractivity contribution in [2.45, 2.75) is 0 Å². The van der Waals surface area contributed by atoms with Gasteiger partial charge in [0.25, 0.3) is 5.91 Å². The van der Waals surface area contributed by atoms with Crippen LogP contribution in [0.25, 0.3) is 6.08 Å². The summed E-state index contributed by atoms with van der Waals surface area (Å²) in [5.74, 6) is -0.995. The van der Waals surface area contributed by atoms with Crippen LogP contribution in [-0.2, 0) is 4.79 Å². The van der Waals surface area contributed by atoms with E-state index in [9.17, 15) is 9.18 Å². The van der Waals surface area contributed by atoms with E-state index in [1.54, 1.807) is 24.3 Å². The Labute approximate surface area is 126 Å². The van der Waals surface area contributed by atoms with E-state index in [1.807, 2.05) is 12.1 Å². The molecule has 0 aromatic heterocycles. The number of halogens is 1. The van der Waals surface area contributed by atoms with Crippen LogP contribution in [0.15, 0.2) is 54.1 Å². The molecule has 0 saturated carbocycles. The number of hydrogen-bond donors (Lipinski definition) is 1. The van der Waals surface area contributed by atoms with E-state index >= 15 is 0 Å². The normalized spacial score (nSPS) is 10.4. The first-order valence-electron chi connectivity index (χ1n) is 6.31. The molecule has 0 heterocycles.